The van der Waals surface area contributed by atoms with Gasteiger partial charge in [0.2, 0.25) is 0 Å². The molecule has 1 fully saturated rings. The second-order valence-corrected chi connectivity index (χ2v) is 11.8. The van der Waals surface area contributed by atoms with Crippen LogP contribution in [0.2, 0.25) is 5.02 Å². The highest BCUT2D eigenvalue weighted by molar-refractivity contribution is 8.15. The molecule has 5 rings (SSSR count). The zero-order valence-corrected chi connectivity index (χ0v) is 20.2. The average molecular weight is 514 g/mol. The topological polar surface area (TPSA) is 96.9 Å². The summed E-state index contributed by atoms with van der Waals surface area (Å²) in [7, 11) is -2.97. The number of rotatable bonds is 5. The molecule has 2 aliphatic rings. The maximum absolute atomic E-state index is 12.6. The summed E-state index contributed by atoms with van der Waals surface area (Å²) < 4.78 is 29.1. The van der Waals surface area contributed by atoms with E-state index in [-0.39, 0.29) is 28.7 Å². The molecule has 1 saturated heterocycles. The molecular weight excluding hydrogens is 494 g/mol. The Labute approximate surface area is 206 Å². The lowest BCUT2D eigenvalue weighted by molar-refractivity contribution is 0.102. The van der Waals surface area contributed by atoms with E-state index in [2.05, 4.69) is 15.6 Å². The number of nitrogens with one attached hydrogen (secondary N) is 2. The molecule has 3 aromatic rings. The molecule has 10 heteroatoms. The van der Waals surface area contributed by atoms with Gasteiger partial charge in [-0.05, 0) is 72.8 Å². The first kappa shape index (κ1) is 22.8. The third-order valence-electron chi connectivity index (χ3n) is 5.38. The molecule has 0 bridgehead atoms. The van der Waals surface area contributed by atoms with Crippen LogP contribution in [0.15, 0.2) is 77.8 Å². The van der Waals surface area contributed by atoms with Gasteiger partial charge in [0.05, 0.1) is 17.5 Å². The predicted octanol–water partition coefficient (Wildman–Crippen LogP) is 5.06. The minimum Gasteiger partial charge on any atom is -0.457 e. The van der Waals surface area contributed by atoms with Gasteiger partial charge in [-0.2, -0.15) is 0 Å². The van der Waals surface area contributed by atoms with Crippen molar-refractivity contribution < 1.29 is 17.9 Å². The van der Waals surface area contributed by atoms with E-state index in [1.54, 1.807) is 72.8 Å². The van der Waals surface area contributed by atoms with E-state index in [0.717, 1.165) is 5.69 Å². The van der Waals surface area contributed by atoms with Crippen molar-refractivity contribution in [2.75, 3.05) is 22.1 Å². The van der Waals surface area contributed by atoms with Gasteiger partial charge in [-0.25, -0.2) is 8.42 Å². The Bertz CT molecular complexity index is 1340. The smallest absolute Gasteiger partial charge is 0.255 e. The normalized spacial score (nSPS) is 20.3. The molecule has 2 aliphatic heterocycles. The number of hydrogen-bond donors (Lipinski definition) is 2. The van der Waals surface area contributed by atoms with Crippen LogP contribution in [-0.4, -0.2) is 42.3 Å². The zero-order chi connectivity index (χ0) is 23.7. The second-order valence-electron chi connectivity index (χ2n) is 7.97. The van der Waals surface area contributed by atoms with E-state index >= 15 is 0 Å². The summed E-state index contributed by atoms with van der Waals surface area (Å²) in [5.41, 5.74) is 1.94. The number of sulfone groups is 1. The number of ether oxygens (including phenoxy) is 1. The maximum Gasteiger partial charge on any atom is 0.255 e. The Kier molecular flexibility index (Phi) is 6.24. The number of hydrogen-bond acceptors (Lipinski definition) is 7. The van der Waals surface area contributed by atoms with E-state index in [4.69, 9.17) is 16.3 Å². The summed E-state index contributed by atoms with van der Waals surface area (Å²) in [6.07, 6.45) is 0. The molecular formula is C24H20ClN3O4S2. The molecule has 0 unspecified atom stereocenters. The van der Waals surface area contributed by atoms with Gasteiger partial charge >= 0.3 is 0 Å². The fourth-order valence-corrected chi connectivity index (χ4v) is 7.49. The van der Waals surface area contributed by atoms with Crippen LogP contribution in [0.5, 0.6) is 11.5 Å². The van der Waals surface area contributed by atoms with Gasteiger partial charge in [-0.3, -0.25) is 9.79 Å². The highest BCUT2D eigenvalue weighted by Crippen LogP contribution is 2.34. The molecule has 0 spiro atoms. The predicted molar refractivity (Wildman–Crippen MR) is 137 cm³/mol. The Morgan fingerprint density at radius 2 is 1.53 bits per heavy atom. The first-order valence-corrected chi connectivity index (χ1v) is 13.6. The van der Waals surface area contributed by atoms with Crippen LogP contribution in [0.4, 0.5) is 11.4 Å². The quantitative estimate of drug-likeness (QED) is 0.494. The molecule has 34 heavy (non-hydrogen) atoms. The Hall–Kier alpha value is -3.01. The van der Waals surface area contributed by atoms with Crippen molar-refractivity contribution in [3.8, 4) is 11.5 Å². The van der Waals surface area contributed by atoms with Crippen molar-refractivity contribution in [1.82, 2.24) is 0 Å². The molecule has 2 atom stereocenters. The highest BCUT2D eigenvalue weighted by Gasteiger charge is 2.42. The first-order valence-electron chi connectivity index (χ1n) is 10.5. The number of thioether (sulfide) groups is 1. The first-order chi connectivity index (χ1) is 16.3. The third-order valence-corrected chi connectivity index (χ3v) is 8.77. The number of anilines is 2. The van der Waals surface area contributed by atoms with E-state index in [1.807, 2.05) is 0 Å². The van der Waals surface area contributed by atoms with E-state index in [0.29, 0.717) is 32.9 Å². The molecule has 0 aliphatic carbocycles. The van der Waals surface area contributed by atoms with Crippen molar-refractivity contribution in [2.45, 2.75) is 11.3 Å². The lowest BCUT2D eigenvalue weighted by Gasteiger charge is -2.10. The fraction of sp³-hybridized carbons (Fsp3) is 0.167. The minimum absolute atomic E-state index is 0.0134. The summed E-state index contributed by atoms with van der Waals surface area (Å²) in [5.74, 6) is 1.37. The van der Waals surface area contributed by atoms with Crippen molar-refractivity contribution in [1.29, 1.82) is 0 Å². The molecule has 3 aromatic carbocycles. The van der Waals surface area contributed by atoms with Crippen LogP contribution in [0.25, 0.3) is 0 Å². The summed E-state index contributed by atoms with van der Waals surface area (Å²) in [5, 5.41) is 7.41. The van der Waals surface area contributed by atoms with Gasteiger partial charge in [0.15, 0.2) is 15.0 Å². The Morgan fingerprint density at radius 1 is 0.912 bits per heavy atom. The Morgan fingerprint density at radius 3 is 2.18 bits per heavy atom. The Balaban J connectivity index is 1.16. The molecule has 2 N–H and O–H groups in total. The minimum atomic E-state index is -2.97. The van der Waals surface area contributed by atoms with E-state index < -0.39 is 9.84 Å². The molecule has 0 saturated carbocycles. The summed E-state index contributed by atoms with van der Waals surface area (Å²) in [6.45, 7) is 0. The average Bonchev–Trinajstić information content (AvgIpc) is 3.29. The molecule has 2 heterocycles. The number of amidine groups is 1. The number of carbonyl (C=O) groups excluding carboxylic acids is 1. The lowest BCUT2D eigenvalue weighted by atomic mass is 10.2. The molecule has 0 radical (unpaired) electrons. The summed E-state index contributed by atoms with van der Waals surface area (Å²) >= 11 is 7.34. The van der Waals surface area contributed by atoms with Gasteiger partial charge in [0, 0.05) is 27.2 Å². The van der Waals surface area contributed by atoms with E-state index in [9.17, 15) is 13.2 Å². The number of carbonyl (C=O) groups is 1. The fourth-order valence-electron chi connectivity index (χ4n) is 3.69. The number of fused-ring (bicyclic) bond motifs is 1. The maximum atomic E-state index is 12.6. The highest BCUT2D eigenvalue weighted by atomic mass is 35.5. The molecule has 1 amide bonds. The SMILES string of the molecule is O=C(Nc1ccc(Oc2ccc(Cl)cc2)cc1)c1ccc(NC2=N[C@H]3CS(=O)(=O)C[C@@H]3S2)cc1. The van der Waals surface area contributed by atoms with Crippen LogP contribution in [-0.2, 0) is 9.84 Å². The van der Waals surface area contributed by atoms with Gasteiger partial charge in [0.1, 0.15) is 11.5 Å². The molecule has 0 aromatic heterocycles. The number of aliphatic imine (C=N–C) groups is 1. The van der Waals surface area contributed by atoms with Crippen LogP contribution in [0.1, 0.15) is 10.4 Å². The molecule has 7 nitrogen and oxygen atoms in total. The monoisotopic (exact) mass is 513 g/mol. The largest absolute Gasteiger partial charge is 0.457 e. The van der Waals surface area contributed by atoms with Crippen LogP contribution in [0, 0.1) is 0 Å². The second kappa shape index (κ2) is 9.32. The lowest BCUT2D eigenvalue weighted by Crippen LogP contribution is -2.13. The summed E-state index contributed by atoms with van der Waals surface area (Å²) in [6, 6.07) is 21.0. The van der Waals surface area contributed by atoms with Crippen LogP contribution < -0.4 is 15.4 Å². The van der Waals surface area contributed by atoms with Gasteiger partial charge in [-0.1, -0.05) is 23.4 Å². The number of benzene rings is 3. The van der Waals surface area contributed by atoms with Crippen molar-refractivity contribution >= 4 is 55.6 Å². The van der Waals surface area contributed by atoms with Crippen LogP contribution in [0.3, 0.4) is 0 Å². The molecule has 174 valence electrons. The van der Waals surface area contributed by atoms with Gasteiger partial charge in [-0.15, -0.1) is 0 Å². The number of halogens is 1. The summed E-state index contributed by atoms with van der Waals surface area (Å²) in [4.78, 5) is 17.1. The van der Waals surface area contributed by atoms with Crippen LogP contribution >= 0.6 is 23.4 Å². The number of nitrogens with zero attached hydrogens (tertiary/aromatic N) is 1. The van der Waals surface area contributed by atoms with Gasteiger partial charge < -0.3 is 15.4 Å². The number of amides is 1. The van der Waals surface area contributed by atoms with Gasteiger partial charge in [0.25, 0.3) is 5.91 Å². The third kappa shape index (κ3) is 5.38. The van der Waals surface area contributed by atoms with Crippen molar-refractivity contribution in [2.24, 2.45) is 4.99 Å². The van der Waals surface area contributed by atoms with E-state index in [1.165, 1.54) is 11.8 Å². The standard InChI is InChI=1S/C24H20ClN3O4S2/c25-16-3-9-19(10-4-16)32-20-11-7-17(8-12-20)26-23(29)15-1-5-18(6-2-15)27-24-28-21-13-34(30,31)14-22(21)33-24/h1-12,21-22H,13-14H2,(H,26,29)(H,27,28)/t21-,22-/m0/s1. The zero-order valence-electron chi connectivity index (χ0n) is 17.8. The van der Waals surface area contributed by atoms with Crippen molar-refractivity contribution in [3.63, 3.8) is 0 Å². The van der Waals surface area contributed by atoms with Crippen molar-refractivity contribution in [3.05, 3.63) is 83.4 Å².